The van der Waals surface area contributed by atoms with Gasteiger partial charge in [-0.3, -0.25) is 4.79 Å². The molecule has 0 saturated carbocycles. The summed E-state index contributed by atoms with van der Waals surface area (Å²) in [5.41, 5.74) is 8.79. The molecule has 1 saturated heterocycles. The van der Waals surface area contributed by atoms with Gasteiger partial charge in [-0.2, -0.15) is 0 Å². The number of nitrogens with zero attached hydrogens (tertiary/aromatic N) is 1. The third-order valence-corrected chi connectivity index (χ3v) is 5.84. The van der Waals surface area contributed by atoms with Crippen LogP contribution in [0.15, 0.2) is 30.3 Å². The van der Waals surface area contributed by atoms with Crippen molar-refractivity contribution in [1.29, 1.82) is 0 Å². The molecule has 0 bridgehead atoms. The standard InChI is InChI=1S/C25H36N4O4/c1-16(2)15-29(19-8-10-27-11-9-19)21-12-17(6-7-20(21)25(26)30)28-18-13-22(31-3)24(33-5)23(14-18)32-4/h6-7,12-14,16,19,27-28H,8-11,15H2,1-5H3,(H2,26,30). The van der Waals surface area contributed by atoms with Crippen LogP contribution in [0.5, 0.6) is 17.2 Å². The molecule has 0 aliphatic carbocycles. The van der Waals surface area contributed by atoms with E-state index in [0.717, 1.165) is 49.5 Å². The first-order valence-corrected chi connectivity index (χ1v) is 11.4. The van der Waals surface area contributed by atoms with E-state index in [1.54, 1.807) is 27.4 Å². The van der Waals surface area contributed by atoms with Crippen molar-refractivity contribution in [3.05, 3.63) is 35.9 Å². The third kappa shape index (κ3) is 5.82. The second-order valence-electron chi connectivity index (χ2n) is 8.66. The molecule has 0 radical (unpaired) electrons. The van der Waals surface area contributed by atoms with E-state index in [0.29, 0.717) is 34.8 Å². The van der Waals surface area contributed by atoms with Gasteiger partial charge in [-0.25, -0.2) is 0 Å². The molecule has 0 unspecified atom stereocenters. The summed E-state index contributed by atoms with van der Waals surface area (Å²) in [7, 11) is 4.75. The van der Waals surface area contributed by atoms with Crippen LogP contribution in [0.4, 0.5) is 17.1 Å². The number of hydrogen-bond donors (Lipinski definition) is 3. The Hall–Kier alpha value is -3.13. The Labute approximate surface area is 196 Å². The van der Waals surface area contributed by atoms with Crippen molar-refractivity contribution >= 4 is 23.0 Å². The number of rotatable bonds is 10. The van der Waals surface area contributed by atoms with Gasteiger partial charge in [0.25, 0.3) is 5.91 Å². The topological polar surface area (TPSA) is 98.1 Å². The minimum absolute atomic E-state index is 0.350. The zero-order valence-corrected chi connectivity index (χ0v) is 20.2. The highest BCUT2D eigenvalue weighted by Crippen LogP contribution is 2.41. The Morgan fingerprint density at radius 3 is 2.21 bits per heavy atom. The van der Waals surface area contributed by atoms with Gasteiger partial charge in [0.1, 0.15) is 0 Å². The van der Waals surface area contributed by atoms with Gasteiger partial charge >= 0.3 is 0 Å². The summed E-state index contributed by atoms with van der Waals surface area (Å²) in [4.78, 5) is 14.7. The van der Waals surface area contributed by atoms with Crippen molar-refractivity contribution in [3.8, 4) is 17.2 Å². The molecule has 2 aromatic carbocycles. The summed E-state index contributed by atoms with van der Waals surface area (Å²) >= 11 is 0. The summed E-state index contributed by atoms with van der Waals surface area (Å²) in [6.45, 7) is 7.16. The molecular formula is C25H36N4O4. The number of piperidine rings is 1. The largest absolute Gasteiger partial charge is 0.493 e. The molecule has 8 heteroatoms. The molecule has 1 heterocycles. The minimum atomic E-state index is -0.424. The zero-order chi connectivity index (χ0) is 24.0. The second-order valence-corrected chi connectivity index (χ2v) is 8.66. The lowest BCUT2D eigenvalue weighted by Crippen LogP contribution is -2.45. The molecule has 3 rings (SSSR count). The molecule has 33 heavy (non-hydrogen) atoms. The van der Waals surface area contributed by atoms with Gasteiger partial charge < -0.3 is 35.5 Å². The summed E-state index contributed by atoms with van der Waals surface area (Å²) in [5, 5.41) is 6.84. The van der Waals surface area contributed by atoms with E-state index in [4.69, 9.17) is 19.9 Å². The Bertz CT molecular complexity index is 932. The van der Waals surface area contributed by atoms with E-state index in [1.807, 2.05) is 24.3 Å². The highest BCUT2D eigenvalue weighted by atomic mass is 16.5. The highest BCUT2D eigenvalue weighted by Gasteiger charge is 2.25. The Morgan fingerprint density at radius 1 is 1.06 bits per heavy atom. The SMILES string of the molecule is COc1cc(Nc2ccc(C(N)=O)c(N(CC(C)C)C3CCNCC3)c2)cc(OC)c1OC. The van der Waals surface area contributed by atoms with E-state index in [-0.39, 0.29) is 0 Å². The van der Waals surface area contributed by atoms with Gasteiger partial charge in [0, 0.05) is 36.1 Å². The van der Waals surface area contributed by atoms with Gasteiger partial charge in [0.15, 0.2) is 11.5 Å². The lowest BCUT2D eigenvalue weighted by atomic mass is 9.99. The molecule has 1 aliphatic rings. The fourth-order valence-electron chi connectivity index (χ4n) is 4.33. The Kier molecular flexibility index (Phi) is 8.27. The number of ether oxygens (including phenoxy) is 3. The van der Waals surface area contributed by atoms with Gasteiger partial charge in [-0.15, -0.1) is 0 Å². The lowest BCUT2D eigenvalue weighted by molar-refractivity contribution is 0.100. The number of primary amides is 1. The van der Waals surface area contributed by atoms with Gasteiger partial charge in [0.05, 0.1) is 32.6 Å². The monoisotopic (exact) mass is 456 g/mol. The molecule has 0 atom stereocenters. The molecule has 8 nitrogen and oxygen atoms in total. The van der Waals surface area contributed by atoms with Crippen molar-refractivity contribution in [2.24, 2.45) is 11.7 Å². The van der Waals surface area contributed by atoms with E-state index in [9.17, 15) is 4.79 Å². The van der Waals surface area contributed by atoms with Crippen LogP contribution >= 0.6 is 0 Å². The van der Waals surface area contributed by atoms with Crippen molar-refractivity contribution in [1.82, 2.24) is 5.32 Å². The average molecular weight is 457 g/mol. The highest BCUT2D eigenvalue weighted by molar-refractivity contribution is 5.99. The smallest absolute Gasteiger partial charge is 0.250 e. The predicted molar refractivity (Wildman–Crippen MR) is 132 cm³/mol. The van der Waals surface area contributed by atoms with Crippen LogP contribution in [-0.2, 0) is 0 Å². The maximum atomic E-state index is 12.3. The van der Waals surface area contributed by atoms with Crippen LogP contribution < -0.4 is 35.5 Å². The normalized spacial score (nSPS) is 14.1. The molecule has 1 aliphatic heterocycles. The molecule has 1 fully saturated rings. The van der Waals surface area contributed by atoms with Crippen LogP contribution in [0.1, 0.15) is 37.0 Å². The van der Waals surface area contributed by atoms with Gasteiger partial charge in [-0.1, -0.05) is 13.8 Å². The fraction of sp³-hybridized carbons (Fsp3) is 0.480. The van der Waals surface area contributed by atoms with Crippen LogP contribution in [0.25, 0.3) is 0 Å². The van der Waals surface area contributed by atoms with Crippen LogP contribution in [-0.4, -0.2) is 52.9 Å². The van der Waals surface area contributed by atoms with Crippen molar-refractivity contribution in [3.63, 3.8) is 0 Å². The number of carbonyl (C=O) groups is 1. The number of amides is 1. The number of nitrogens with one attached hydrogen (secondary N) is 2. The molecule has 0 spiro atoms. The number of benzene rings is 2. The number of carbonyl (C=O) groups excluding carboxylic acids is 1. The van der Waals surface area contributed by atoms with Crippen molar-refractivity contribution in [2.75, 3.05) is 51.2 Å². The average Bonchev–Trinajstić information content (AvgIpc) is 2.82. The molecule has 4 N–H and O–H groups in total. The Balaban J connectivity index is 2.01. The summed E-state index contributed by atoms with van der Waals surface area (Å²) < 4.78 is 16.4. The lowest BCUT2D eigenvalue weighted by Gasteiger charge is -2.38. The molecule has 2 aromatic rings. The summed E-state index contributed by atoms with van der Waals surface area (Å²) in [6.07, 6.45) is 2.05. The predicted octanol–water partition coefficient (Wildman–Crippen LogP) is 3.77. The van der Waals surface area contributed by atoms with E-state index >= 15 is 0 Å². The number of nitrogens with two attached hydrogens (primary N) is 1. The first kappa shape index (κ1) is 24.5. The second kappa shape index (κ2) is 11.1. The number of methoxy groups -OCH3 is 3. The maximum absolute atomic E-state index is 12.3. The molecule has 1 amide bonds. The third-order valence-electron chi connectivity index (χ3n) is 5.84. The quantitative estimate of drug-likeness (QED) is 0.501. The van der Waals surface area contributed by atoms with E-state index in [1.165, 1.54) is 0 Å². The Morgan fingerprint density at radius 2 is 1.70 bits per heavy atom. The zero-order valence-electron chi connectivity index (χ0n) is 20.2. The maximum Gasteiger partial charge on any atom is 0.250 e. The van der Waals surface area contributed by atoms with Crippen LogP contribution in [0, 0.1) is 5.92 Å². The van der Waals surface area contributed by atoms with Gasteiger partial charge in [-0.05, 0) is 50.0 Å². The molecule has 0 aromatic heterocycles. The van der Waals surface area contributed by atoms with Crippen LogP contribution in [0.2, 0.25) is 0 Å². The first-order chi connectivity index (χ1) is 15.9. The van der Waals surface area contributed by atoms with E-state index in [2.05, 4.69) is 29.4 Å². The number of anilines is 3. The number of hydrogen-bond acceptors (Lipinski definition) is 7. The van der Waals surface area contributed by atoms with Crippen molar-refractivity contribution < 1.29 is 19.0 Å². The van der Waals surface area contributed by atoms with E-state index < -0.39 is 5.91 Å². The summed E-state index contributed by atoms with van der Waals surface area (Å²) in [6, 6.07) is 9.72. The molecule has 180 valence electrons. The first-order valence-electron chi connectivity index (χ1n) is 11.4. The van der Waals surface area contributed by atoms with Crippen molar-refractivity contribution in [2.45, 2.75) is 32.7 Å². The fourth-order valence-corrected chi connectivity index (χ4v) is 4.33. The van der Waals surface area contributed by atoms with Crippen LogP contribution in [0.3, 0.4) is 0 Å². The molecular weight excluding hydrogens is 420 g/mol. The minimum Gasteiger partial charge on any atom is -0.493 e. The van der Waals surface area contributed by atoms with Gasteiger partial charge in [0.2, 0.25) is 5.75 Å². The summed E-state index contributed by atoms with van der Waals surface area (Å²) in [5.74, 6) is 1.66.